The van der Waals surface area contributed by atoms with Crippen molar-refractivity contribution in [1.29, 1.82) is 0 Å². The monoisotopic (exact) mass is 202 g/mol. The van der Waals surface area contributed by atoms with E-state index in [9.17, 15) is 4.79 Å². The second kappa shape index (κ2) is 5.37. The van der Waals surface area contributed by atoms with Gasteiger partial charge in [-0.2, -0.15) is 0 Å². The Morgan fingerprint density at radius 3 is 2.54 bits per heavy atom. The molecular weight excluding hydrogens is 192 g/mol. The van der Waals surface area contributed by atoms with Crippen LogP contribution >= 0.6 is 11.6 Å². The van der Waals surface area contributed by atoms with Gasteiger partial charge >= 0.3 is 5.97 Å². The molecule has 1 aromatic heterocycles. The summed E-state index contributed by atoms with van der Waals surface area (Å²) in [5.41, 5.74) is 5.41. The maximum atomic E-state index is 10.4. The van der Waals surface area contributed by atoms with Crippen LogP contribution < -0.4 is 5.73 Å². The zero-order chi connectivity index (χ0) is 10.4. The molecule has 5 heteroatoms. The number of carboxylic acids is 1. The van der Waals surface area contributed by atoms with Crippen LogP contribution in [-0.4, -0.2) is 16.1 Å². The molecule has 0 atom stereocenters. The molecule has 0 fully saturated rings. The molecule has 13 heavy (non-hydrogen) atoms. The highest BCUT2D eigenvalue weighted by Crippen LogP contribution is 2.14. The summed E-state index contributed by atoms with van der Waals surface area (Å²) < 4.78 is 0. The molecule has 3 N–H and O–H groups in total. The summed E-state index contributed by atoms with van der Waals surface area (Å²) in [5.74, 6) is -1.10. The first-order valence-corrected chi connectivity index (χ1v) is 4.13. The first-order chi connectivity index (χ1) is 6.11. The van der Waals surface area contributed by atoms with E-state index in [-0.39, 0.29) is 16.4 Å². The van der Waals surface area contributed by atoms with Crippen molar-refractivity contribution in [2.75, 3.05) is 5.73 Å². The van der Waals surface area contributed by atoms with Crippen LogP contribution in [0.3, 0.4) is 0 Å². The average molecular weight is 203 g/mol. The number of carbonyl (C=O) groups is 1. The molecule has 4 nitrogen and oxygen atoms in total. The smallest absolute Gasteiger partial charge is 0.339 e. The van der Waals surface area contributed by atoms with Crippen LogP contribution in [0.4, 0.5) is 5.69 Å². The minimum atomic E-state index is -1.10. The van der Waals surface area contributed by atoms with E-state index in [0.29, 0.717) is 0 Å². The van der Waals surface area contributed by atoms with Gasteiger partial charge in [-0.15, -0.1) is 0 Å². The summed E-state index contributed by atoms with van der Waals surface area (Å²) >= 11 is 5.44. The van der Waals surface area contributed by atoms with Gasteiger partial charge in [0.1, 0.15) is 10.7 Å². The molecule has 0 spiro atoms. The lowest BCUT2D eigenvalue weighted by atomic mass is 10.2. The lowest BCUT2D eigenvalue weighted by Crippen LogP contribution is -2.02. The number of hydrogen-bond acceptors (Lipinski definition) is 3. The molecule has 0 aliphatic carbocycles. The zero-order valence-corrected chi connectivity index (χ0v) is 8.17. The van der Waals surface area contributed by atoms with Crippen LogP contribution in [0.2, 0.25) is 5.15 Å². The van der Waals surface area contributed by atoms with Gasteiger partial charge in [-0.3, -0.25) is 0 Å². The summed E-state index contributed by atoms with van der Waals surface area (Å²) in [6.45, 7) is 4.00. The van der Waals surface area contributed by atoms with E-state index in [4.69, 9.17) is 22.4 Å². The number of rotatable bonds is 1. The fourth-order valence-corrected chi connectivity index (χ4v) is 0.789. The first-order valence-electron chi connectivity index (χ1n) is 3.75. The number of nitrogen functional groups attached to an aromatic ring is 1. The molecule has 1 heterocycles. The van der Waals surface area contributed by atoms with E-state index in [1.807, 2.05) is 13.8 Å². The Kier molecular flexibility index (Phi) is 4.84. The number of anilines is 1. The van der Waals surface area contributed by atoms with E-state index in [0.717, 1.165) is 6.20 Å². The van der Waals surface area contributed by atoms with E-state index in [1.165, 1.54) is 6.07 Å². The lowest BCUT2D eigenvalue weighted by molar-refractivity contribution is 0.0697. The van der Waals surface area contributed by atoms with Crippen molar-refractivity contribution in [2.24, 2.45) is 0 Å². The minimum Gasteiger partial charge on any atom is -0.478 e. The van der Waals surface area contributed by atoms with Crippen molar-refractivity contribution in [3.63, 3.8) is 0 Å². The fraction of sp³-hybridized carbons (Fsp3) is 0.250. The van der Waals surface area contributed by atoms with Gasteiger partial charge in [0.25, 0.3) is 0 Å². The Labute approximate surface area is 81.4 Å². The highest BCUT2D eigenvalue weighted by molar-refractivity contribution is 6.29. The molecule has 0 aromatic carbocycles. The molecule has 0 aliphatic heterocycles. The number of pyridine rings is 1. The van der Waals surface area contributed by atoms with Gasteiger partial charge in [0.2, 0.25) is 0 Å². The molecule has 0 saturated carbocycles. The average Bonchev–Trinajstić information content (AvgIpc) is 2.07. The van der Waals surface area contributed by atoms with Crippen LogP contribution in [-0.2, 0) is 0 Å². The molecular formula is C8H11ClN2O2. The van der Waals surface area contributed by atoms with Crippen LogP contribution in [0.15, 0.2) is 12.3 Å². The van der Waals surface area contributed by atoms with Crippen molar-refractivity contribution in [2.45, 2.75) is 13.8 Å². The quantitative estimate of drug-likeness (QED) is 0.684. The number of hydrogen-bond donors (Lipinski definition) is 2. The molecule has 0 unspecified atom stereocenters. The largest absolute Gasteiger partial charge is 0.478 e. The maximum Gasteiger partial charge on any atom is 0.339 e. The molecule has 0 saturated heterocycles. The van der Waals surface area contributed by atoms with Crippen molar-refractivity contribution < 1.29 is 9.90 Å². The fourth-order valence-electron chi connectivity index (χ4n) is 0.623. The van der Waals surface area contributed by atoms with E-state index < -0.39 is 5.97 Å². The van der Waals surface area contributed by atoms with E-state index in [2.05, 4.69) is 4.98 Å². The van der Waals surface area contributed by atoms with E-state index in [1.54, 1.807) is 0 Å². The Morgan fingerprint density at radius 2 is 2.15 bits per heavy atom. The van der Waals surface area contributed by atoms with Gasteiger partial charge < -0.3 is 10.8 Å². The van der Waals surface area contributed by atoms with Gasteiger partial charge in [0.05, 0.1) is 5.69 Å². The second-order valence-corrected chi connectivity index (χ2v) is 2.29. The summed E-state index contributed by atoms with van der Waals surface area (Å²) in [5, 5.41) is 8.68. The molecule has 0 aliphatic rings. The Bertz CT molecular complexity index is 302. The Hall–Kier alpha value is -1.29. The standard InChI is InChI=1S/C6H5ClN2O2.C2H6/c7-5-1-4(8)3(2-9-5)6(10)11;1-2/h1-2H,(H2,8,9)(H,10,11);1-2H3. The number of aromatic carboxylic acids is 1. The second-order valence-electron chi connectivity index (χ2n) is 1.90. The maximum absolute atomic E-state index is 10.4. The third kappa shape index (κ3) is 3.29. The van der Waals surface area contributed by atoms with Gasteiger partial charge in [-0.25, -0.2) is 9.78 Å². The van der Waals surface area contributed by atoms with Crippen molar-refractivity contribution in [3.05, 3.63) is 23.0 Å². The first kappa shape index (κ1) is 11.7. The van der Waals surface area contributed by atoms with Crippen molar-refractivity contribution in [3.8, 4) is 0 Å². The number of aromatic nitrogens is 1. The molecule has 1 aromatic rings. The van der Waals surface area contributed by atoms with Gasteiger partial charge in [-0.05, 0) is 6.07 Å². The summed E-state index contributed by atoms with van der Waals surface area (Å²) in [7, 11) is 0. The minimum absolute atomic E-state index is 0.0330. The normalized spacial score (nSPS) is 8.54. The number of nitrogens with zero attached hydrogens (tertiary/aromatic N) is 1. The summed E-state index contributed by atoms with van der Waals surface area (Å²) in [4.78, 5) is 13.9. The third-order valence-corrected chi connectivity index (χ3v) is 1.34. The van der Waals surface area contributed by atoms with Gasteiger partial charge in [0.15, 0.2) is 0 Å². The lowest BCUT2D eigenvalue weighted by Gasteiger charge is -1.98. The van der Waals surface area contributed by atoms with Crippen molar-refractivity contribution in [1.82, 2.24) is 4.98 Å². The topological polar surface area (TPSA) is 76.2 Å². The Balaban J connectivity index is 0.000000671. The molecule has 72 valence electrons. The van der Waals surface area contributed by atoms with Crippen LogP contribution in [0.1, 0.15) is 24.2 Å². The van der Waals surface area contributed by atoms with Gasteiger partial charge in [-0.1, -0.05) is 25.4 Å². The molecule has 0 amide bonds. The molecule has 0 radical (unpaired) electrons. The Morgan fingerprint density at radius 1 is 1.62 bits per heavy atom. The summed E-state index contributed by atoms with van der Waals surface area (Å²) in [6, 6.07) is 1.30. The SMILES string of the molecule is CC.Nc1cc(Cl)ncc1C(=O)O. The van der Waals surface area contributed by atoms with Crippen LogP contribution in [0.25, 0.3) is 0 Å². The highest BCUT2D eigenvalue weighted by atomic mass is 35.5. The zero-order valence-electron chi connectivity index (χ0n) is 7.41. The highest BCUT2D eigenvalue weighted by Gasteiger charge is 2.07. The van der Waals surface area contributed by atoms with Gasteiger partial charge in [0, 0.05) is 6.20 Å². The third-order valence-electron chi connectivity index (χ3n) is 1.13. The molecule has 0 bridgehead atoms. The van der Waals surface area contributed by atoms with E-state index >= 15 is 0 Å². The summed E-state index contributed by atoms with van der Waals surface area (Å²) in [6.07, 6.45) is 1.12. The van der Waals surface area contributed by atoms with Crippen LogP contribution in [0, 0.1) is 0 Å². The number of nitrogens with two attached hydrogens (primary N) is 1. The number of halogens is 1. The molecule has 1 rings (SSSR count). The van der Waals surface area contributed by atoms with Crippen LogP contribution in [0.5, 0.6) is 0 Å². The van der Waals surface area contributed by atoms with Crippen molar-refractivity contribution >= 4 is 23.3 Å². The predicted molar refractivity (Wildman–Crippen MR) is 52.0 cm³/mol. The number of carboxylic acid groups (broad SMARTS) is 1. The predicted octanol–water partition coefficient (Wildman–Crippen LogP) is 2.04.